The highest BCUT2D eigenvalue weighted by Crippen LogP contribution is 2.21. The molecule has 1 aliphatic rings. The molecule has 0 aliphatic carbocycles. The topological polar surface area (TPSA) is 51.2 Å². The summed E-state index contributed by atoms with van der Waals surface area (Å²) in [6, 6.07) is 0. The molecule has 0 unspecified atom stereocenters. The van der Waals surface area contributed by atoms with Crippen molar-refractivity contribution in [3.8, 4) is 0 Å². The van der Waals surface area contributed by atoms with Crippen molar-refractivity contribution in [2.24, 2.45) is 0 Å². The van der Waals surface area contributed by atoms with Crippen LogP contribution in [0.15, 0.2) is 0 Å². The highest BCUT2D eigenvalue weighted by atomic mass is 16.7. The highest BCUT2D eigenvalue weighted by molar-refractivity contribution is 4.74. The Labute approximate surface area is 168 Å². The van der Waals surface area contributed by atoms with Gasteiger partial charge in [-0.2, -0.15) is 0 Å². The molecule has 162 valence electrons. The zero-order chi connectivity index (χ0) is 19.6. The van der Waals surface area contributed by atoms with Gasteiger partial charge in [0.05, 0.1) is 24.9 Å². The smallest absolute Gasteiger partial charge is 0.146 e. The number of unbranched alkanes of at least 4 members (excludes halogenated alkanes) is 11. The zero-order valence-corrected chi connectivity index (χ0v) is 18.1. The number of methoxy groups -OCH3 is 1. The van der Waals surface area contributed by atoms with E-state index in [0.717, 1.165) is 32.3 Å². The average Bonchev–Trinajstić information content (AvgIpc) is 3.48. The standard InChI is InChI=1S/C23H46O4/c1-3-4-5-6-7-8-9-10-11-12-13-14-15-22(27-20-25-2)17-16-21(24)18-23-19-26-23/h21-24H,3-20H2,1-2H3/t21-,22-,23-/m0/s1. The van der Waals surface area contributed by atoms with Gasteiger partial charge in [0.25, 0.3) is 0 Å². The molecule has 3 atom stereocenters. The predicted octanol–water partition coefficient (Wildman–Crippen LogP) is 6.00. The maximum absolute atomic E-state index is 10.0. The van der Waals surface area contributed by atoms with E-state index in [-0.39, 0.29) is 12.2 Å². The quantitative estimate of drug-likeness (QED) is 0.149. The summed E-state index contributed by atoms with van der Waals surface area (Å²) >= 11 is 0. The second-order valence-corrected chi connectivity index (χ2v) is 8.30. The normalized spacial score (nSPS) is 18.6. The Bertz CT molecular complexity index is 307. The summed E-state index contributed by atoms with van der Waals surface area (Å²) in [5.41, 5.74) is 0. The van der Waals surface area contributed by atoms with Crippen LogP contribution in [0.4, 0.5) is 0 Å². The number of aliphatic hydroxyl groups is 1. The maximum Gasteiger partial charge on any atom is 0.146 e. The van der Waals surface area contributed by atoms with Crippen LogP contribution < -0.4 is 0 Å². The molecule has 0 radical (unpaired) electrons. The molecule has 1 heterocycles. The second-order valence-electron chi connectivity index (χ2n) is 8.30. The first-order valence-corrected chi connectivity index (χ1v) is 11.7. The Morgan fingerprint density at radius 2 is 1.41 bits per heavy atom. The maximum atomic E-state index is 10.0. The van der Waals surface area contributed by atoms with Gasteiger partial charge in [0.15, 0.2) is 0 Å². The lowest BCUT2D eigenvalue weighted by atomic mass is 10.0. The van der Waals surface area contributed by atoms with Crippen molar-refractivity contribution >= 4 is 0 Å². The number of rotatable bonds is 21. The zero-order valence-electron chi connectivity index (χ0n) is 18.1. The van der Waals surface area contributed by atoms with Crippen molar-refractivity contribution in [3.05, 3.63) is 0 Å². The lowest BCUT2D eigenvalue weighted by Crippen LogP contribution is -2.19. The van der Waals surface area contributed by atoms with Crippen molar-refractivity contribution in [1.29, 1.82) is 0 Å². The van der Waals surface area contributed by atoms with Crippen LogP contribution in [0.1, 0.15) is 110 Å². The second kappa shape index (κ2) is 17.9. The van der Waals surface area contributed by atoms with E-state index < -0.39 is 0 Å². The Morgan fingerprint density at radius 1 is 0.852 bits per heavy atom. The third-order valence-electron chi connectivity index (χ3n) is 5.56. The fourth-order valence-corrected chi connectivity index (χ4v) is 3.69. The first-order valence-electron chi connectivity index (χ1n) is 11.7. The molecule has 0 aromatic carbocycles. The van der Waals surface area contributed by atoms with Crippen LogP contribution in [0.2, 0.25) is 0 Å². The Morgan fingerprint density at radius 3 is 1.93 bits per heavy atom. The van der Waals surface area contributed by atoms with Gasteiger partial charge in [0.2, 0.25) is 0 Å². The van der Waals surface area contributed by atoms with Gasteiger partial charge < -0.3 is 19.3 Å². The fourth-order valence-electron chi connectivity index (χ4n) is 3.69. The number of hydrogen-bond donors (Lipinski definition) is 1. The van der Waals surface area contributed by atoms with E-state index >= 15 is 0 Å². The number of ether oxygens (including phenoxy) is 3. The lowest BCUT2D eigenvalue weighted by Gasteiger charge is -2.19. The molecule has 27 heavy (non-hydrogen) atoms. The minimum Gasteiger partial charge on any atom is -0.393 e. The summed E-state index contributed by atoms with van der Waals surface area (Å²) in [6.07, 6.45) is 20.3. The first-order chi connectivity index (χ1) is 13.3. The Hall–Kier alpha value is -0.160. The number of hydrogen-bond acceptors (Lipinski definition) is 4. The molecular formula is C23H46O4. The molecule has 0 bridgehead atoms. The molecule has 1 rings (SSSR count). The van der Waals surface area contributed by atoms with Gasteiger partial charge >= 0.3 is 0 Å². The largest absolute Gasteiger partial charge is 0.393 e. The van der Waals surface area contributed by atoms with E-state index in [2.05, 4.69) is 6.92 Å². The summed E-state index contributed by atoms with van der Waals surface area (Å²) in [5, 5.41) is 10.0. The molecule has 0 aromatic rings. The van der Waals surface area contributed by atoms with Gasteiger partial charge in [-0.25, -0.2) is 0 Å². The predicted molar refractivity (Wildman–Crippen MR) is 112 cm³/mol. The molecule has 4 nitrogen and oxygen atoms in total. The van der Waals surface area contributed by atoms with Gasteiger partial charge in [-0.3, -0.25) is 0 Å². The van der Waals surface area contributed by atoms with Crippen molar-refractivity contribution < 1.29 is 19.3 Å². The average molecular weight is 387 g/mol. The van der Waals surface area contributed by atoms with E-state index in [4.69, 9.17) is 14.2 Å². The molecule has 1 saturated heterocycles. The van der Waals surface area contributed by atoms with Crippen molar-refractivity contribution in [2.75, 3.05) is 20.5 Å². The van der Waals surface area contributed by atoms with E-state index in [1.807, 2.05) is 0 Å². The summed E-state index contributed by atoms with van der Waals surface area (Å²) < 4.78 is 16.0. The fraction of sp³-hybridized carbons (Fsp3) is 1.00. The van der Waals surface area contributed by atoms with Gasteiger partial charge in [-0.1, -0.05) is 84.0 Å². The van der Waals surface area contributed by atoms with Gasteiger partial charge in [-0.15, -0.1) is 0 Å². The Balaban J connectivity index is 1.93. The van der Waals surface area contributed by atoms with Crippen LogP contribution in [0.3, 0.4) is 0 Å². The van der Waals surface area contributed by atoms with E-state index in [9.17, 15) is 5.11 Å². The summed E-state index contributed by atoms with van der Waals surface area (Å²) in [6.45, 7) is 3.45. The molecule has 0 aromatic heterocycles. The minimum absolute atomic E-state index is 0.211. The van der Waals surface area contributed by atoms with Gasteiger partial charge in [0.1, 0.15) is 6.79 Å². The Kier molecular flexibility index (Phi) is 16.5. The van der Waals surface area contributed by atoms with E-state index in [0.29, 0.717) is 12.9 Å². The third kappa shape index (κ3) is 16.5. The molecule has 0 spiro atoms. The number of aliphatic hydroxyl groups excluding tert-OH is 1. The van der Waals surface area contributed by atoms with Gasteiger partial charge in [-0.05, 0) is 19.3 Å². The molecule has 1 fully saturated rings. The lowest BCUT2D eigenvalue weighted by molar-refractivity contribution is -0.0802. The van der Waals surface area contributed by atoms with E-state index in [1.54, 1.807) is 7.11 Å². The molecule has 4 heteroatoms. The SMILES string of the molecule is CCCCCCCCCCCCCC[C@@H](CC[C@H](O)C[C@H]1CO1)OCOC. The van der Waals surface area contributed by atoms with Crippen molar-refractivity contribution in [2.45, 2.75) is 128 Å². The monoisotopic (exact) mass is 386 g/mol. The van der Waals surface area contributed by atoms with Crippen LogP contribution in [-0.4, -0.2) is 43.9 Å². The first kappa shape index (κ1) is 24.9. The van der Waals surface area contributed by atoms with Crippen molar-refractivity contribution in [3.63, 3.8) is 0 Å². The minimum atomic E-state index is -0.256. The van der Waals surface area contributed by atoms with Crippen LogP contribution in [0.25, 0.3) is 0 Å². The third-order valence-corrected chi connectivity index (χ3v) is 5.56. The highest BCUT2D eigenvalue weighted by Gasteiger charge is 2.26. The van der Waals surface area contributed by atoms with Crippen LogP contribution in [-0.2, 0) is 14.2 Å². The van der Waals surface area contributed by atoms with Crippen LogP contribution in [0.5, 0.6) is 0 Å². The van der Waals surface area contributed by atoms with Gasteiger partial charge in [0, 0.05) is 13.5 Å². The molecular weight excluding hydrogens is 340 g/mol. The molecule has 0 amide bonds. The summed E-state index contributed by atoms with van der Waals surface area (Å²) in [7, 11) is 1.67. The van der Waals surface area contributed by atoms with E-state index in [1.165, 1.54) is 77.0 Å². The molecule has 1 aliphatic heterocycles. The van der Waals surface area contributed by atoms with Crippen LogP contribution >= 0.6 is 0 Å². The van der Waals surface area contributed by atoms with Crippen molar-refractivity contribution in [1.82, 2.24) is 0 Å². The summed E-state index contributed by atoms with van der Waals surface area (Å²) in [5.74, 6) is 0. The van der Waals surface area contributed by atoms with Crippen LogP contribution in [0, 0.1) is 0 Å². The molecule has 0 saturated carbocycles. The number of epoxide rings is 1. The summed E-state index contributed by atoms with van der Waals surface area (Å²) in [4.78, 5) is 0. The molecule has 1 N–H and O–H groups in total.